The SMILES string of the molecule is CCNCCC(O)CN(CC)CC.Cl. The van der Waals surface area contributed by atoms with Gasteiger partial charge in [0.05, 0.1) is 6.10 Å². The molecule has 2 N–H and O–H groups in total. The zero-order valence-corrected chi connectivity index (χ0v) is 10.4. The highest BCUT2D eigenvalue weighted by atomic mass is 35.5. The standard InChI is InChI=1S/C10H24N2O.ClH/c1-4-11-8-7-10(13)9-12(5-2)6-3;/h10-11,13H,4-9H2,1-3H3;1H. The third-order valence-corrected chi connectivity index (χ3v) is 2.27. The first-order valence-corrected chi connectivity index (χ1v) is 5.35. The first kappa shape index (κ1) is 16.6. The molecule has 0 aliphatic rings. The number of rotatable bonds is 8. The number of nitrogens with zero attached hydrogens (tertiary/aromatic N) is 1. The Morgan fingerprint density at radius 3 is 2.21 bits per heavy atom. The first-order chi connectivity index (χ1) is 6.24. The zero-order chi connectivity index (χ0) is 10.1. The normalized spacial score (nSPS) is 12.6. The molecule has 0 bridgehead atoms. The van der Waals surface area contributed by atoms with Gasteiger partial charge in [-0.25, -0.2) is 0 Å². The van der Waals surface area contributed by atoms with Gasteiger partial charge in [0, 0.05) is 6.54 Å². The van der Waals surface area contributed by atoms with Crippen LogP contribution in [0.15, 0.2) is 0 Å². The van der Waals surface area contributed by atoms with Crippen molar-refractivity contribution in [1.29, 1.82) is 0 Å². The van der Waals surface area contributed by atoms with E-state index < -0.39 is 0 Å². The number of hydrogen-bond donors (Lipinski definition) is 2. The van der Waals surface area contributed by atoms with Crippen LogP contribution in [-0.2, 0) is 0 Å². The minimum atomic E-state index is -0.182. The highest BCUT2D eigenvalue weighted by Crippen LogP contribution is 1.95. The lowest BCUT2D eigenvalue weighted by Gasteiger charge is -2.21. The highest BCUT2D eigenvalue weighted by molar-refractivity contribution is 5.85. The van der Waals surface area contributed by atoms with Gasteiger partial charge in [-0.2, -0.15) is 0 Å². The molecule has 0 radical (unpaired) electrons. The molecular weight excluding hydrogens is 200 g/mol. The monoisotopic (exact) mass is 224 g/mol. The summed E-state index contributed by atoms with van der Waals surface area (Å²) in [6.07, 6.45) is 0.670. The van der Waals surface area contributed by atoms with Gasteiger partial charge in [0.25, 0.3) is 0 Å². The molecule has 0 saturated heterocycles. The Bertz CT molecular complexity index is 110. The van der Waals surface area contributed by atoms with E-state index in [4.69, 9.17) is 0 Å². The molecule has 0 fully saturated rings. The number of aliphatic hydroxyl groups excluding tert-OH is 1. The summed E-state index contributed by atoms with van der Waals surface area (Å²) in [5.74, 6) is 0. The summed E-state index contributed by atoms with van der Waals surface area (Å²) in [6.45, 7) is 11.1. The van der Waals surface area contributed by atoms with Crippen LogP contribution in [0.4, 0.5) is 0 Å². The maximum absolute atomic E-state index is 9.63. The molecule has 0 spiro atoms. The maximum Gasteiger partial charge on any atom is 0.0679 e. The fourth-order valence-electron chi connectivity index (χ4n) is 1.32. The zero-order valence-electron chi connectivity index (χ0n) is 9.62. The van der Waals surface area contributed by atoms with Crippen molar-refractivity contribution in [3.8, 4) is 0 Å². The molecule has 0 aromatic carbocycles. The predicted octanol–water partition coefficient (Wildman–Crippen LogP) is 1.11. The fourth-order valence-corrected chi connectivity index (χ4v) is 1.32. The van der Waals surface area contributed by atoms with E-state index in [1.165, 1.54) is 0 Å². The average Bonchev–Trinajstić information content (AvgIpc) is 2.14. The van der Waals surface area contributed by atoms with E-state index in [-0.39, 0.29) is 18.5 Å². The van der Waals surface area contributed by atoms with E-state index in [0.717, 1.165) is 39.1 Å². The number of hydrogen-bond acceptors (Lipinski definition) is 3. The Labute approximate surface area is 94.3 Å². The van der Waals surface area contributed by atoms with Gasteiger partial charge in [-0.15, -0.1) is 12.4 Å². The van der Waals surface area contributed by atoms with Gasteiger partial charge >= 0.3 is 0 Å². The van der Waals surface area contributed by atoms with E-state index in [9.17, 15) is 5.11 Å². The minimum Gasteiger partial charge on any atom is -0.392 e. The summed E-state index contributed by atoms with van der Waals surface area (Å²) in [4.78, 5) is 2.25. The summed E-state index contributed by atoms with van der Waals surface area (Å²) in [7, 11) is 0. The maximum atomic E-state index is 9.63. The molecule has 0 aliphatic carbocycles. The van der Waals surface area contributed by atoms with E-state index in [2.05, 4.69) is 31.0 Å². The van der Waals surface area contributed by atoms with Crippen LogP contribution in [0.1, 0.15) is 27.2 Å². The molecule has 0 aromatic rings. The van der Waals surface area contributed by atoms with Crippen LogP contribution in [-0.4, -0.2) is 48.8 Å². The van der Waals surface area contributed by atoms with Gasteiger partial charge in [0.15, 0.2) is 0 Å². The van der Waals surface area contributed by atoms with Crippen LogP contribution in [0, 0.1) is 0 Å². The van der Waals surface area contributed by atoms with Crippen LogP contribution in [0.2, 0.25) is 0 Å². The lowest BCUT2D eigenvalue weighted by molar-refractivity contribution is 0.111. The Balaban J connectivity index is 0. The van der Waals surface area contributed by atoms with Gasteiger partial charge in [0.1, 0.15) is 0 Å². The molecule has 0 rings (SSSR count). The van der Waals surface area contributed by atoms with Crippen molar-refractivity contribution in [3.63, 3.8) is 0 Å². The highest BCUT2D eigenvalue weighted by Gasteiger charge is 2.07. The molecule has 88 valence electrons. The van der Waals surface area contributed by atoms with Crippen LogP contribution in [0.25, 0.3) is 0 Å². The minimum absolute atomic E-state index is 0. The topological polar surface area (TPSA) is 35.5 Å². The van der Waals surface area contributed by atoms with Crippen LogP contribution in [0.3, 0.4) is 0 Å². The van der Waals surface area contributed by atoms with Gasteiger partial charge in [-0.1, -0.05) is 20.8 Å². The number of halogens is 1. The Kier molecular flexibility index (Phi) is 13.3. The largest absolute Gasteiger partial charge is 0.392 e. The molecule has 4 heteroatoms. The van der Waals surface area contributed by atoms with Gasteiger partial charge in [-0.3, -0.25) is 0 Å². The van der Waals surface area contributed by atoms with Gasteiger partial charge in [-0.05, 0) is 32.6 Å². The van der Waals surface area contributed by atoms with Crippen LogP contribution in [0.5, 0.6) is 0 Å². The summed E-state index contributed by atoms with van der Waals surface area (Å²) in [6, 6.07) is 0. The van der Waals surface area contributed by atoms with Crippen molar-refractivity contribution in [1.82, 2.24) is 10.2 Å². The Hall–Kier alpha value is 0.170. The fraction of sp³-hybridized carbons (Fsp3) is 1.00. The Morgan fingerprint density at radius 2 is 1.79 bits per heavy atom. The van der Waals surface area contributed by atoms with Crippen LogP contribution < -0.4 is 5.32 Å². The Morgan fingerprint density at radius 1 is 1.21 bits per heavy atom. The quantitative estimate of drug-likeness (QED) is 0.607. The summed E-state index contributed by atoms with van der Waals surface area (Å²) in [5, 5.41) is 12.8. The molecule has 3 nitrogen and oxygen atoms in total. The second-order valence-electron chi connectivity index (χ2n) is 3.28. The van der Waals surface area contributed by atoms with Crippen LogP contribution >= 0.6 is 12.4 Å². The lowest BCUT2D eigenvalue weighted by atomic mass is 10.2. The van der Waals surface area contributed by atoms with Crippen molar-refractivity contribution in [2.45, 2.75) is 33.3 Å². The first-order valence-electron chi connectivity index (χ1n) is 5.35. The molecule has 0 amide bonds. The average molecular weight is 225 g/mol. The molecule has 0 saturated carbocycles. The molecule has 0 heterocycles. The van der Waals surface area contributed by atoms with Crippen molar-refractivity contribution >= 4 is 12.4 Å². The third kappa shape index (κ3) is 8.75. The van der Waals surface area contributed by atoms with Crippen molar-refractivity contribution < 1.29 is 5.11 Å². The summed E-state index contributed by atoms with van der Waals surface area (Å²) < 4.78 is 0. The smallest absolute Gasteiger partial charge is 0.0679 e. The van der Waals surface area contributed by atoms with E-state index in [1.807, 2.05) is 0 Å². The van der Waals surface area contributed by atoms with Crippen molar-refractivity contribution in [3.05, 3.63) is 0 Å². The number of aliphatic hydroxyl groups is 1. The third-order valence-electron chi connectivity index (χ3n) is 2.27. The number of likely N-dealkylation sites (N-methyl/N-ethyl adjacent to an activating group) is 1. The van der Waals surface area contributed by atoms with Crippen molar-refractivity contribution in [2.24, 2.45) is 0 Å². The molecule has 0 aliphatic heterocycles. The second-order valence-corrected chi connectivity index (χ2v) is 3.28. The molecule has 0 aromatic heterocycles. The predicted molar refractivity (Wildman–Crippen MR) is 64.2 cm³/mol. The summed E-state index contributed by atoms with van der Waals surface area (Å²) in [5.41, 5.74) is 0. The lowest BCUT2D eigenvalue weighted by Crippen LogP contribution is -2.33. The number of nitrogens with one attached hydrogen (secondary N) is 1. The van der Waals surface area contributed by atoms with E-state index >= 15 is 0 Å². The van der Waals surface area contributed by atoms with E-state index in [1.54, 1.807) is 0 Å². The second kappa shape index (κ2) is 11.2. The van der Waals surface area contributed by atoms with Crippen molar-refractivity contribution in [2.75, 3.05) is 32.7 Å². The van der Waals surface area contributed by atoms with Gasteiger partial charge in [0.2, 0.25) is 0 Å². The van der Waals surface area contributed by atoms with Gasteiger partial charge < -0.3 is 15.3 Å². The molecular formula is C10H25ClN2O. The van der Waals surface area contributed by atoms with E-state index in [0.29, 0.717) is 0 Å². The molecule has 14 heavy (non-hydrogen) atoms. The molecule has 1 unspecified atom stereocenters. The molecule has 1 atom stereocenters. The summed E-state index contributed by atoms with van der Waals surface area (Å²) >= 11 is 0.